The molecule has 5 aliphatic rings. The van der Waals surface area contributed by atoms with Crippen molar-refractivity contribution in [2.45, 2.75) is 97.5 Å². The number of nitrogens with one attached hydrogen (secondary N) is 1. The van der Waals surface area contributed by atoms with Gasteiger partial charge in [-0.2, -0.15) is 0 Å². The quantitative estimate of drug-likeness (QED) is 0.520. The van der Waals surface area contributed by atoms with E-state index in [4.69, 9.17) is 4.74 Å². The average molecular weight is 388 g/mol. The summed E-state index contributed by atoms with van der Waals surface area (Å²) in [5, 5.41) is 2.97. The third-order valence-corrected chi connectivity index (χ3v) is 7.84. The largest absolute Gasteiger partial charge is 0.452 e. The van der Waals surface area contributed by atoms with E-state index in [1.165, 1.54) is 37.7 Å². The Labute approximate surface area is 169 Å². The summed E-state index contributed by atoms with van der Waals surface area (Å²) >= 11 is 0. The second kappa shape index (κ2) is 7.18. The normalized spacial score (nSPS) is 40.0. The molecule has 0 aromatic heterocycles. The highest BCUT2D eigenvalue weighted by atomic mass is 16.5. The highest BCUT2D eigenvalue weighted by Gasteiger charge is 2.63. The summed E-state index contributed by atoms with van der Waals surface area (Å²) in [5.74, 6) is 0.366. The van der Waals surface area contributed by atoms with Crippen LogP contribution in [0.4, 0.5) is 0 Å². The van der Waals surface area contributed by atoms with Crippen molar-refractivity contribution in [1.82, 2.24) is 5.32 Å². The summed E-state index contributed by atoms with van der Waals surface area (Å²) < 4.78 is 5.76. The van der Waals surface area contributed by atoms with Crippen molar-refractivity contribution >= 4 is 11.9 Å². The smallest absolute Gasteiger partial charge is 0.312 e. The van der Waals surface area contributed by atoms with Crippen LogP contribution in [0.3, 0.4) is 0 Å². The minimum atomic E-state index is -0.707. The van der Waals surface area contributed by atoms with Crippen molar-refractivity contribution in [3.63, 3.8) is 0 Å². The van der Waals surface area contributed by atoms with Crippen molar-refractivity contribution < 1.29 is 14.3 Å². The van der Waals surface area contributed by atoms with Crippen LogP contribution >= 0.6 is 0 Å². The molecule has 4 saturated carbocycles. The fourth-order valence-corrected chi connectivity index (χ4v) is 7.64. The Balaban J connectivity index is 1.31. The van der Waals surface area contributed by atoms with Gasteiger partial charge in [0, 0.05) is 6.54 Å². The van der Waals surface area contributed by atoms with E-state index in [0.717, 1.165) is 38.5 Å². The summed E-state index contributed by atoms with van der Waals surface area (Å²) in [6, 6.07) is 0. The molecular formula is C24H37NO3. The molecule has 0 saturated heterocycles. The van der Waals surface area contributed by atoms with Gasteiger partial charge in [-0.05, 0) is 94.3 Å². The minimum Gasteiger partial charge on any atom is -0.452 e. The first kappa shape index (κ1) is 20.0. The number of allylic oxidation sites excluding steroid dienone is 1. The predicted octanol–water partition coefficient (Wildman–Crippen LogP) is 4.92. The lowest BCUT2D eigenvalue weighted by atomic mass is 9.40. The van der Waals surface area contributed by atoms with Gasteiger partial charge < -0.3 is 10.1 Å². The molecule has 3 unspecified atom stereocenters. The molecule has 0 heterocycles. The highest BCUT2D eigenvalue weighted by Crippen LogP contribution is 2.69. The van der Waals surface area contributed by atoms with E-state index in [-0.39, 0.29) is 28.1 Å². The Hall–Kier alpha value is -1.32. The van der Waals surface area contributed by atoms with Gasteiger partial charge in [0.1, 0.15) is 0 Å². The second-order valence-electron chi connectivity index (χ2n) is 11.1. The summed E-state index contributed by atoms with van der Waals surface area (Å²) in [6.07, 6.45) is 14.0. The molecule has 1 amide bonds. The molecule has 4 nitrogen and oxygen atoms in total. The maximum atomic E-state index is 13.2. The fraction of sp³-hybridized carbons (Fsp3) is 0.833. The Morgan fingerprint density at radius 3 is 2.46 bits per heavy atom. The van der Waals surface area contributed by atoms with Crippen LogP contribution in [0.2, 0.25) is 0 Å². The van der Waals surface area contributed by atoms with Gasteiger partial charge in [-0.3, -0.25) is 9.59 Å². The first-order valence-corrected chi connectivity index (χ1v) is 11.4. The average Bonchev–Trinajstić information content (AvgIpc) is 2.59. The van der Waals surface area contributed by atoms with Gasteiger partial charge >= 0.3 is 5.97 Å². The molecule has 4 heteroatoms. The molecule has 1 N–H and O–H groups in total. The van der Waals surface area contributed by atoms with Gasteiger partial charge in [-0.25, -0.2) is 0 Å². The van der Waals surface area contributed by atoms with Gasteiger partial charge in [0.2, 0.25) is 0 Å². The molecular weight excluding hydrogens is 350 g/mol. The van der Waals surface area contributed by atoms with Crippen LogP contribution in [-0.2, 0) is 14.3 Å². The summed E-state index contributed by atoms with van der Waals surface area (Å²) in [7, 11) is 0. The summed E-state index contributed by atoms with van der Waals surface area (Å²) in [4.78, 5) is 25.7. The van der Waals surface area contributed by atoms with E-state index in [1.807, 2.05) is 0 Å². The van der Waals surface area contributed by atoms with Crippen LogP contribution in [0.25, 0.3) is 0 Å². The van der Waals surface area contributed by atoms with Crippen molar-refractivity contribution in [3.05, 3.63) is 11.6 Å². The third kappa shape index (κ3) is 3.89. The molecule has 5 aliphatic carbocycles. The van der Waals surface area contributed by atoms with E-state index in [1.54, 1.807) is 6.92 Å². The van der Waals surface area contributed by atoms with Crippen LogP contribution in [0.1, 0.15) is 91.4 Å². The molecule has 0 radical (unpaired) electrons. The molecule has 0 spiro atoms. The maximum Gasteiger partial charge on any atom is 0.312 e. The van der Waals surface area contributed by atoms with Crippen LogP contribution in [-0.4, -0.2) is 24.5 Å². The lowest BCUT2D eigenvalue weighted by molar-refractivity contribution is -0.195. The van der Waals surface area contributed by atoms with Gasteiger partial charge in [-0.1, -0.05) is 25.5 Å². The lowest BCUT2D eigenvalue weighted by Crippen LogP contribution is -2.58. The zero-order valence-electron chi connectivity index (χ0n) is 17.9. The van der Waals surface area contributed by atoms with Gasteiger partial charge in [-0.15, -0.1) is 0 Å². The molecule has 0 aromatic rings. The first-order valence-electron chi connectivity index (χ1n) is 11.4. The molecule has 156 valence electrons. The van der Waals surface area contributed by atoms with E-state index in [9.17, 15) is 9.59 Å². The van der Waals surface area contributed by atoms with Crippen LogP contribution in [0.15, 0.2) is 11.6 Å². The van der Waals surface area contributed by atoms with Crippen molar-refractivity contribution in [3.8, 4) is 0 Å². The summed E-state index contributed by atoms with van der Waals surface area (Å²) in [5.41, 5.74) is 1.63. The zero-order valence-corrected chi connectivity index (χ0v) is 17.9. The number of ether oxygens (including phenoxy) is 1. The molecule has 0 aliphatic heterocycles. The monoisotopic (exact) mass is 387 g/mol. The van der Waals surface area contributed by atoms with E-state index < -0.39 is 6.10 Å². The van der Waals surface area contributed by atoms with Crippen LogP contribution in [0, 0.1) is 22.2 Å². The molecule has 3 atom stereocenters. The van der Waals surface area contributed by atoms with Crippen LogP contribution < -0.4 is 5.32 Å². The van der Waals surface area contributed by atoms with Gasteiger partial charge in [0.25, 0.3) is 5.91 Å². The third-order valence-electron chi connectivity index (χ3n) is 7.84. The molecule has 5 rings (SSSR count). The van der Waals surface area contributed by atoms with E-state index in [2.05, 4.69) is 25.2 Å². The maximum absolute atomic E-state index is 13.2. The van der Waals surface area contributed by atoms with Gasteiger partial charge in [0.05, 0.1) is 5.41 Å². The van der Waals surface area contributed by atoms with Crippen molar-refractivity contribution in [2.75, 3.05) is 6.54 Å². The Morgan fingerprint density at radius 1 is 1.14 bits per heavy atom. The Morgan fingerprint density at radius 2 is 1.86 bits per heavy atom. The second-order valence-corrected chi connectivity index (χ2v) is 11.1. The standard InChI is InChI=1S/C24H37NO3/c1-17(20(26)25-10-9-18-7-5-4-6-8-18)28-21(27)24-13-19-11-22(2,15-24)14-23(3,12-19)16-24/h7,17,19H,4-6,8-16H2,1-3H3,(H,25,26). The Bertz CT molecular complexity index is 663. The number of hydrogen-bond donors (Lipinski definition) is 1. The predicted molar refractivity (Wildman–Crippen MR) is 110 cm³/mol. The molecule has 0 aromatic carbocycles. The van der Waals surface area contributed by atoms with E-state index in [0.29, 0.717) is 12.5 Å². The number of carbonyl (C=O) groups is 2. The minimum absolute atomic E-state index is 0.119. The Kier molecular flexibility index (Phi) is 5.12. The molecule has 28 heavy (non-hydrogen) atoms. The SMILES string of the molecule is CC(OC(=O)C12CC3CC(C)(CC(C)(C3)C1)C2)C(=O)NCCC1=CCCCC1. The van der Waals surface area contributed by atoms with E-state index >= 15 is 0 Å². The number of amides is 1. The summed E-state index contributed by atoms with van der Waals surface area (Å²) in [6.45, 7) is 7.06. The lowest BCUT2D eigenvalue weighted by Gasteiger charge is -2.64. The number of rotatable bonds is 6. The fourth-order valence-electron chi connectivity index (χ4n) is 7.64. The zero-order chi connectivity index (χ0) is 20.0. The number of hydrogen-bond acceptors (Lipinski definition) is 3. The molecule has 4 bridgehead atoms. The van der Waals surface area contributed by atoms with Crippen molar-refractivity contribution in [1.29, 1.82) is 0 Å². The highest BCUT2D eigenvalue weighted by molar-refractivity contribution is 5.85. The topological polar surface area (TPSA) is 55.4 Å². The number of esters is 1. The van der Waals surface area contributed by atoms with Gasteiger partial charge in [0.15, 0.2) is 6.10 Å². The van der Waals surface area contributed by atoms with Crippen molar-refractivity contribution in [2.24, 2.45) is 22.2 Å². The number of carbonyl (C=O) groups excluding carboxylic acids is 2. The molecule has 4 fully saturated rings. The first-order chi connectivity index (χ1) is 13.2. The van der Waals surface area contributed by atoms with Crippen LogP contribution in [0.5, 0.6) is 0 Å².